The summed E-state index contributed by atoms with van der Waals surface area (Å²) in [5.41, 5.74) is 2.11. The second-order valence-corrected chi connectivity index (χ2v) is 6.68. The lowest BCUT2D eigenvalue weighted by Crippen LogP contribution is -2.49. The molecule has 0 bridgehead atoms. The topological polar surface area (TPSA) is 74.3 Å². The Hall–Kier alpha value is -2.44. The van der Waals surface area contributed by atoms with Gasteiger partial charge in [-0.25, -0.2) is 4.98 Å². The predicted octanol–water partition coefficient (Wildman–Crippen LogP) is 2.51. The molecule has 1 fully saturated rings. The smallest absolute Gasteiger partial charge is 0.204 e. The van der Waals surface area contributed by atoms with Crippen LogP contribution in [0.1, 0.15) is 18.4 Å². The van der Waals surface area contributed by atoms with Crippen LogP contribution in [0.25, 0.3) is 11.0 Å². The molecule has 0 spiro atoms. The van der Waals surface area contributed by atoms with Gasteiger partial charge in [0.05, 0.1) is 24.2 Å². The van der Waals surface area contributed by atoms with Crippen molar-refractivity contribution in [2.45, 2.75) is 25.0 Å². The largest absolute Gasteiger partial charge is 0.386 e. The molecule has 0 saturated carbocycles. The number of hydrogen-bond acceptors (Lipinski definition) is 5. The number of nitrogens with one attached hydrogen (secondary N) is 1. The van der Waals surface area contributed by atoms with Gasteiger partial charge in [-0.2, -0.15) is 0 Å². The van der Waals surface area contributed by atoms with E-state index in [2.05, 4.69) is 14.9 Å². The fraction of sp³-hybridized carbons (Fsp3) is 0.368. The Morgan fingerprint density at radius 1 is 1.24 bits per heavy atom. The third-order valence-electron chi connectivity index (χ3n) is 4.56. The van der Waals surface area contributed by atoms with Crippen molar-refractivity contribution in [3.63, 3.8) is 0 Å². The molecule has 1 aliphatic heterocycles. The standard InChI is InChI=1S/C19H22N4O2/c24-19(8-4-10-25-14-19)13-23(12-15-5-3-9-20-11-15)18-21-16-6-1-2-7-17(16)22-18/h1-3,5-7,9,11,24H,4,8,10,12-14H2,(H,21,22). The first-order chi connectivity index (χ1) is 12.2. The van der Waals surface area contributed by atoms with Gasteiger partial charge in [-0.3, -0.25) is 4.98 Å². The van der Waals surface area contributed by atoms with Crippen LogP contribution in [0.15, 0.2) is 48.8 Å². The molecular weight excluding hydrogens is 316 g/mol. The molecule has 3 heterocycles. The maximum absolute atomic E-state index is 10.9. The molecule has 4 rings (SSSR count). The molecule has 1 atom stereocenters. The average Bonchev–Trinajstić information content (AvgIpc) is 3.07. The van der Waals surface area contributed by atoms with E-state index in [1.165, 1.54) is 0 Å². The number of imidazole rings is 1. The molecule has 2 N–H and O–H groups in total. The highest BCUT2D eigenvalue weighted by Gasteiger charge is 2.33. The highest BCUT2D eigenvalue weighted by atomic mass is 16.5. The summed E-state index contributed by atoms with van der Waals surface area (Å²) in [6.07, 6.45) is 5.21. The second-order valence-electron chi connectivity index (χ2n) is 6.68. The van der Waals surface area contributed by atoms with Gasteiger partial charge >= 0.3 is 0 Å². The molecule has 0 amide bonds. The third kappa shape index (κ3) is 3.65. The zero-order valence-electron chi connectivity index (χ0n) is 14.1. The number of benzene rings is 1. The zero-order chi connectivity index (χ0) is 17.1. The minimum atomic E-state index is -0.862. The van der Waals surface area contributed by atoms with E-state index in [4.69, 9.17) is 9.72 Å². The number of ether oxygens (including phenoxy) is 1. The number of nitrogens with zero attached hydrogens (tertiary/aromatic N) is 3. The number of para-hydroxylation sites is 2. The number of aromatic amines is 1. The summed E-state index contributed by atoms with van der Waals surface area (Å²) < 4.78 is 5.51. The van der Waals surface area contributed by atoms with Crippen LogP contribution in [-0.4, -0.2) is 45.4 Å². The van der Waals surface area contributed by atoms with Gasteiger partial charge in [-0.15, -0.1) is 0 Å². The molecule has 1 aromatic carbocycles. The SMILES string of the molecule is OC1(CN(Cc2cccnc2)c2nc3ccccc3[nH]2)CCCOC1. The Morgan fingerprint density at radius 2 is 2.16 bits per heavy atom. The maximum atomic E-state index is 10.9. The number of hydrogen-bond donors (Lipinski definition) is 2. The molecule has 0 aliphatic carbocycles. The molecule has 0 radical (unpaired) electrons. The Morgan fingerprint density at radius 3 is 2.92 bits per heavy atom. The summed E-state index contributed by atoms with van der Waals surface area (Å²) in [5, 5.41) is 10.9. The summed E-state index contributed by atoms with van der Waals surface area (Å²) in [6, 6.07) is 11.9. The first-order valence-electron chi connectivity index (χ1n) is 8.61. The normalized spacial score (nSPS) is 20.7. The summed E-state index contributed by atoms with van der Waals surface area (Å²) in [6.45, 7) is 2.16. The number of rotatable bonds is 5. The van der Waals surface area contributed by atoms with Gasteiger partial charge < -0.3 is 19.7 Å². The molecule has 3 aromatic rings. The summed E-state index contributed by atoms with van der Waals surface area (Å²) in [5.74, 6) is 0.754. The fourth-order valence-corrected chi connectivity index (χ4v) is 3.32. The number of aliphatic hydroxyl groups is 1. The Labute approximate surface area is 146 Å². The average molecular weight is 338 g/mol. The van der Waals surface area contributed by atoms with Crippen LogP contribution in [0.3, 0.4) is 0 Å². The molecule has 130 valence electrons. The van der Waals surface area contributed by atoms with Crippen molar-refractivity contribution in [1.82, 2.24) is 15.0 Å². The third-order valence-corrected chi connectivity index (χ3v) is 4.56. The monoisotopic (exact) mass is 338 g/mol. The van der Waals surface area contributed by atoms with Crippen LogP contribution < -0.4 is 4.90 Å². The van der Waals surface area contributed by atoms with Crippen molar-refractivity contribution in [1.29, 1.82) is 0 Å². The van der Waals surface area contributed by atoms with Gasteiger partial charge in [0, 0.05) is 25.5 Å². The Kier molecular flexibility index (Phi) is 4.38. The van der Waals surface area contributed by atoms with Crippen molar-refractivity contribution >= 4 is 17.0 Å². The Bertz CT molecular complexity index is 795. The van der Waals surface area contributed by atoms with Gasteiger partial charge in [0.1, 0.15) is 5.60 Å². The highest BCUT2D eigenvalue weighted by Crippen LogP contribution is 2.25. The van der Waals surface area contributed by atoms with E-state index in [1.807, 2.05) is 42.6 Å². The van der Waals surface area contributed by atoms with Crippen LogP contribution in [0, 0.1) is 0 Å². The summed E-state index contributed by atoms with van der Waals surface area (Å²) >= 11 is 0. The van der Waals surface area contributed by atoms with Gasteiger partial charge in [0.15, 0.2) is 0 Å². The van der Waals surface area contributed by atoms with Crippen molar-refractivity contribution in [2.75, 3.05) is 24.7 Å². The van der Waals surface area contributed by atoms with E-state index < -0.39 is 5.60 Å². The lowest BCUT2D eigenvalue weighted by molar-refractivity contribution is -0.0799. The van der Waals surface area contributed by atoms with E-state index in [-0.39, 0.29) is 0 Å². The van der Waals surface area contributed by atoms with E-state index >= 15 is 0 Å². The van der Waals surface area contributed by atoms with Gasteiger partial charge in [-0.1, -0.05) is 18.2 Å². The Balaban J connectivity index is 1.64. The minimum absolute atomic E-state index is 0.358. The number of pyridine rings is 1. The number of fused-ring (bicyclic) bond motifs is 1. The lowest BCUT2D eigenvalue weighted by atomic mass is 9.96. The fourth-order valence-electron chi connectivity index (χ4n) is 3.32. The first-order valence-corrected chi connectivity index (χ1v) is 8.61. The molecule has 1 unspecified atom stereocenters. The van der Waals surface area contributed by atoms with Crippen molar-refractivity contribution in [3.05, 3.63) is 54.4 Å². The molecule has 2 aromatic heterocycles. The van der Waals surface area contributed by atoms with Crippen molar-refractivity contribution in [3.8, 4) is 0 Å². The number of aromatic nitrogens is 3. The molecule has 6 nitrogen and oxygen atoms in total. The summed E-state index contributed by atoms with van der Waals surface area (Å²) in [7, 11) is 0. The van der Waals surface area contributed by atoms with Crippen LogP contribution in [0.2, 0.25) is 0 Å². The zero-order valence-corrected chi connectivity index (χ0v) is 14.1. The van der Waals surface area contributed by atoms with Crippen LogP contribution in [-0.2, 0) is 11.3 Å². The summed E-state index contributed by atoms with van der Waals surface area (Å²) in [4.78, 5) is 14.3. The first kappa shape index (κ1) is 16.1. The molecular formula is C19H22N4O2. The number of anilines is 1. The van der Waals surface area contributed by atoms with Crippen LogP contribution in [0.4, 0.5) is 5.95 Å². The van der Waals surface area contributed by atoms with Crippen molar-refractivity contribution in [2.24, 2.45) is 0 Å². The van der Waals surface area contributed by atoms with Crippen molar-refractivity contribution < 1.29 is 9.84 Å². The van der Waals surface area contributed by atoms with E-state index in [0.717, 1.165) is 42.0 Å². The van der Waals surface area contributed by atoms with Gasteiger partial charge in [-0.05, 0) is 36.6 Å². The lowest BCUT2D eigenvalue weighted by Gasteiger charge is -2.36. The van der Waals surface area contributed by atoms with E-state index in [0.29, 0.717) is 19.7 Å². The highest BCUT2D eigenvalue weighted by molar-refractivity contribution is 5.77. The minimum Gasteiger partial charge on any atom is -0.386 e. The molecule has 25 heavy (non-hydrogen) atoms. The van der Waals surface area contributed by atoms with E-state index in [1.54, 1.807) is 6.20 Å². The molecule has 6 heteroatoms. The predicted molar refractivity (Wildman–Crippen MR) is 96.4 cm³/mol. The molecule has 1 saturated heterocycles. The van der Waals surface area contributed by atoms with Gasteiger partial charge in [0.25, 0.3) is 0 Å². The second kappa shape index (κ2) is 6.82. The van der Waals surface area contributed by atoms with Crippen LogP contribution in [0.5, 0.6) is 0 Å². The number of H-pyrrole nitrogens is 1. The molecule has 1 aliphatic rings. The maximum Gasteiger partial charge on any atom is 0.204 e. The van der Waals surface area contributed by atoms with E-state index in [9.17, 15) is 5.11 Å². The van der Waals surface area contributed by atoms with Crippen LogP contribution >= 0.6 is 0 Å². The quantitative estimate of drug-likeness (QED) is 0.748. The van der Waals surface area contributed by atoms with Gasteiger partial charge in [0.2, 0.25) is 5.95 Å².